The van der Waals surface area contributed by atoms with E-state index in [9.17, 15) is 24.1 Å². The summed E-state index contributed by atoms with van der Waals surface area (Å²) in [5.41, 5.74) is 3.07. The van der Waals surface area contributed by atoms with Crippen molar-refractivity contribution >= 4 is 28.9 Å². The van der Waals surface area contributed by atoms with Gasteiger partial charge in [0.05, 0.1) is 17.8 Å². The van der Waals surface area contributed by atoms with Gasteiger partial charge in [-0.2, -0.15) is 5.10 Å². The van der Waals surface area contributed by atoms with Crippen LogP contribution in [0, 0.1) is 15.9 Å². The van der Waals surface area contributed by atoms with Crippen molar-refractivity contribution in [3.05, 3.63) is 73.5 Å². The number of hydrogen-bond donors (Lipinski definition) is 1. The number of amides is 1. The Morgan fingerprint density at radius 1 is 1.32 bits per heavy atom. The van der Waals surface area contributed by atoms with Crippen molar-refractivity contribution < 1.29 is 18.5 Å². The van der Waals surface area contributed by atoms with Crippen LogP contribution in [0.5, 0.6) is 0 Å². The minimum Gasteiger partial charge on any atom is -0.400 e. The van der Waals surface area contributed by atoms with Crippen LogP contribution < -0.4 is 10.9 Å². The third-order valence-electron chi connectivity index (χ3n) is 6.00. The minimum absolute atomic E-state index is 0.0672. The molecule has 10 heteroatoms. The number of benzene rings is 1. The fraction of sp³-hybridized carbons (Fsp3) is 0.286. The number of hydrazone groups is 1. The van der Waals surface area contributed by atoms with Gasteiger partial charge in [-0.25, -0.2) is 9.82 Å². The molecule has 2 aromatic heterocycles. The van der Waals surface area contributed by atoms with E-state index in [1.54, 1.807) is 0 Å². The van der Waals surface area contributed by atoms with Gasteiger partial charge in [-0.3, -0.25) is 19.7 Å². The van der Waals surface area contributed by atoms with E-state index in [0.29, 0.717) is 5.52 Å². The summed E-state index contributed by atoms with van der Waals surface area (Å²) >= 11 is 0. The molecule has 1 aliphatic heterocycles. The Morgan fingerprint density at radius 2 is 2.13 bits per heavy atom. The molecular weight excluding hydrogens is 407 g/mol. The van der Waals surface area contributed by atoms with Crippen molar-refractivity contribution in [3.63, 3.8) is 0 Å². The lowest BCUT2D eigenvalue weighted by molar-refractivity contribution is -0.402. The first-order valence-electron chi connectivity index (χ1n) is 9.90. The number of aromatic nitrogens is 1. The van der Waals surface area contributed by atoms with E-state index in [0.717, 1.165) is 43.5 Å². The summed E-state index contributed by atoms with van der Waals surface area (Å²) in [5.74, 6) is -1.50. The average Bonchev–Trinajstić information content (AvgIpc) is 3.34. The first-order valence-corrected chi connectivity index (χ1v) is 9.90. The zero-order valence-corrected chi connectivity index (χ0v) is 16.2. The highest BCUT2D eigenvalue weighted by Gasteiger charge is 2.37. The van der Waals surface area contributed by atoms with E-state index in [1.165, 1.54) is 24.4 Å². The lowest BCUT2D eigenvalue weighted by Gasteiger charge is -2.27. The molecule has 1 N–H and O–H groups in total. The number of rotatable bonds is 4. The van der Waals surface area contributed by atoms with Gasteiger partial charge in [0.25, 0.3) is 5.91 Å². The fourth-order valence-electron chi connectivity index (χ4n) is 4.73. The maximum Gasteiger partial charge on any atom is 0.433 e. The molecule has 9 nitrogen and oxygen atoms in total. The number of carbonyl (C=O) groups is 1. The minimum atomic E-state index is -0.752. The highest BCUT2D eigenvalue weighted by atomic mass is 19.1. The predicted octanol–water partition coefficient (Wildman–Crippen LogP) is 3.62. The van der Waals surface area contributed by atoms with Crippen molar-refractivity contribution in [2.75, 3.05) is 0 Å². The molecule has 0 bridgehead atoms. The summed E-state index contributed by atoms with van der Waals surface area (Å²) in [4.78, 5) is 35.6. The summed E-state index contributed by atoms with van der Waals surface area (Å²) in [6.07, 6.45) is 6.52. The van der Waals surface area contributed by atoms with E-state index in [2.05, 4.69) is 10.5 Å². The normalized spacial score (nSPS) is 19.6. The Hall–Kier alpha value is -3.82. The Labute approximate surface area is 174 Å². The van der Waals surface area contributed by atoms with Gasteiger partial charge in [0.15, 0.2) is 5.76 Å². The highest BCUT2D eigenvalue weighted by Crippen LogP contribution is 2.49. The zero-order valence-electron chi connectivity index (χ0n) is 16.2. The maximum absolute atomic E-state index is 14.3. The van der Waals surface area contributed by atoms with Crippen LogP contribution in [0.2, 0.25) is 0 Å². The predicted molar refractivity (Wildman–Crippen MR) is 109 cm³/mol. The fourth-order valence-corrected chi connectivity index (χ4v) is 4.73. The number of pyridine rings is 1. The van der Waals surface area contributed by atoms with E-state index >= 15 is 0 Å². The van der Waals surface area contributed by atoms with Gasteiger partial charge in [0.2, 0.25) is 5.43 Å². The number of nitrogens with zero attached hydrogens (tertiary/aromatic N) is 3. The van der Waals surface area contributed by atoms with Gasteiger partial charge in [-0.1, -0.05) is 12.8 Å². The summed E-state index contributed by atoms with van der Waals surface area (Å²) in [5, 5.41) is 14.5. The average molecular weight is 424 g/mol. The van der Waals surface area contributed by atoms with E-state index in [4.69, 9.17) is 4.42 Å². The van der Waals surface area contributed by atoms with Crippen LogP contribution in [-0.4, -0.2) is 21.6 Å². The van der Waals surface area contributed by atoms with Gasteiger partial charge in [0.1, 0.15) is 16.3 Å². The van der Waals surface area contributed by atoms with E-state index < -0.39 is 28.0 Å². The molecular formula is C21H17FN4O5. The zero-order chi connectivity index (χ0) is 21.7. The van der Waals surface area contributed by atoms with Crippen molar-refractivity contribution in [1.29, 1.82) is 0 Å². The second kappa shape index (κ2) is 7.15. The van der Waals surface area contributed by atoms with Gasteiger partial charge in [-0.05, 0) is 36.6 Å². The van der Waals surface area contributed by atoms with Crippen LogP contribution in [0.3, 0.4) is 0 Å². The van der Waals surface area contributed by atoms with Crippen molar-refractivity contribution in [3.8, 4) is 0 Å². The van der Waals surface area contributed by atoms with Crippen LogP contribution >= 0.6 is 0 Å². The van der Waals surface area contributed by atoms with Crippen LogP contribution in [0.25, 0.3) is 10.9 Å². The van der Waals surface area contributed by atoms with E-state index in [-0.39, 0.29) is 28.7 Å². The molecule has 31 heavy (non-hydrogen) atoms. The number of nitrogens with one attached hydrogen (secondary N) is 1. The molecule has 1 amide bonds. The molecule has 0 spiro atoms. The van der Waals surface area contributed by atoms with Gasteiger partial charge >= 0.3 is 5.88 Å². The molecule has 2 unspecified atom stereocenters. The van der Waals surface area contributed by atoms with Gasteiger partial charge < -0.3 is 8.98 Å². The Bertz CT molecular complexity index is 1330. The SMILES string of the molecule is O=C(NN=Cc1ccc([N+](=O)[O-])o1)c1cn2c3c(cc(F)cc3c1=O)C1CCCCC12. The first kappa shape index (κ1) is 19.2. The lowest BCUT2D eigenvalue weighted by Crippen LogP contribution is -2.27. The Morgan fingerprint density at radius 3 is 2.90 bits per heavy atom. The molecule has 1 saturated carbocycles. The molecule has 1 aromatic carbocycles. The maximum atomic E-state index is 14.3. The second-order valence-electron chi connectivity index (χ2n) is 7.76. The molecule has 3 heterocycles. The summed E-state index contributed by atoms with van der Waals surface area (Å²) in [6, 6.07) is 5.25. The molecule has 1 fully saturated rings. The molecule has 5 rings (SSSR count). The number of fused-ring (bicyclic) bond motifs is 3. The molecule has 158 valence electrons. The Balaban J connectivity index is 1.49. The van der Waals surface area contributed by atoms with Crippen LogP contribution in [0.15, 0.2) is 44.8 Å². The van der Waals surface area contributed by atoms with Crippen LogP contribution in [0.1, 0.15) is 59.3 Å². The smallest absolute Gasteiger partial charge is 0.400 e. The molecule has 2 atom stereocenters. The molecule has 0 saturated heterocycles. The third kappa shape index (κ3) is 3.11. The number of furan rings is 1. The third-order valence-corrected chi connectivity index (χ3v) is 6.00. The summed E-state index contributed by atoms with van der Waals surface area (Å²) < 4.78 is 21.2. The molecule has 2 aliphatic rings. The van der Waals surface area contributed by atoms with E-state index in [1.807, 2.05) is 4.57 Å². The Kier molecular flexibility index (Phi) is 4.42. The van der Waals surface area contributed by atoms with Gasteiger partial charge in [0, 0.05) is 23.5 Å². The van der Waals surface area contributed by atoms with Crippen molar-refractivity contribution in [2.45, 2.75) is 37.6 Å². The van der Waals surface area contributed by atoms with Gasteiger partial charge in [-0.15, -0.1) is 0 Å². The highest BCUT2D eigenvalue weighted by molar-refractivity contribution is 5.98. The molecule has 1 aliphatic carbocycles. The standard InChI is InChI=1S/C21H17FN4O5/c22-11-7-14-13-3-1-2-4-17(13)25-10-16(20(27)15(8-11)19(14)25)21(28)24-23-9-12-5-6-18(31-12)26(29)30/h5-10,13,17H,1-4H2,(H,24,28). The second-order valence-corrected chi connectivity index (χ2v) is 7.76. The number of halogens is 1. The molecule has 0 radical (unpaired) electrons. The molecule has 3 aromatic rings. The topological polar surface area (TPSA) is 120 Å². The summed E-state index contributed by atoms with van der Waals surface area (Å²) in [7, 11) is 0. The number of carbonyl (C=O) groups excluding carboxylic acids is 1. The quantitative estimate of drug-likeness (QED) is 0.390. The van der Waals surface area contributed by atoms with Crippen LogP contribution in [-0.2, 0) is 0 Å². The number of hydrogen-bond acceptors (Lipinski definition) is 6. The first-order chi connectivity index (χ1) is 14.9. The van der Waals surface area contributed by atoms with Crippen LogP contribution in [0.4, 0.5) is 10.3 Å². The number of nitro groups is 1. The summed E-state index contributed by atoms with van der Waals surface area (Å²) in [6.45, 7) is 0. The monoisotopic (exact) mass is 424 g/mol. The lowest BCUT2D eigenvalue weighted by atomic mass is 9.82. The van der Waals surface area contributed by atoms with Crippen molar-refractivity contribution in [2.24, 2.45) is 5.10 Å². The largest absolute Gasteiger partial charge is 0.433 e. The van der Waals surface area contributed by atoms with Crippen molar-refractivity contribution in [1.82, 2.24) is 9.99 Å².